The Morgan fingerprint density at radius 2 is 2.17 bits per heavy atom. The first-order valence-electron chi connectivity index (χ1n) is 6.40. The van der Waals surface area contributed by atoms with E-state index in [9.17, 15) is 10.1 Å². The average molecular weight is 240 g/mol. The Bertz CT molecular complexity index is 572. The number of nitrogens with zero attached hydrogens (tertiary/aromatic N) is 2. The number of hydrogen-bond donors (Lipinski definition) is 0. The maximum atomic E-state index is 11.6. The van der Waals surface area contributed by atoms with Crippen LogP contribution in [0.2, 0.25) is 0 Å². The Hall–Kier alpha value is -1.82. The van der Waals surface area contributed by atoms with Gasteiger partial charge in [-0.05, 0) is 36.0 Å². The van der Waals surface area contributed by atoms with E-state index in [0.717, 1.165) is 24.1 Å². The number of hydrogen-bond acceptors (Lipinski definition) is 2. The minimum absolute atomic E-state index is 0.171. The van der Waals surface area contributed by atoms with E-state index in [0.29, 0.717) is 12.3 Å². The van der Waals surface area contributed by atoms with Gasteiger partial charge in [0.2, 0.25) is 5.91 Å². The molecule has 2 aliphatic rings. The summed E-state index contributed by atoms with van der Waals surface area (Å²) in [6.45, 7) is 2.12. The van der Waals surface area contributed by atoms with Crippen molar-refractivity contribution >= 4 is 11.6 Å². The van der Waals surface area contributed by atoms with Gasteiger partial charge in [-0.2, -0.15) is 5.26 Å². The molecule has 0 radical (unpaired) electrons. The monoisotopic (exact) mass is 240 g/mol. The van der Waals surface area contributed by atoms with Gasteiger partial charge in [0.05, 0.1) is 11.5 Å². The third-order valence-corrected chi connectivity index (χ3v) is 4.45. The number of rotatable bonds is 1. The molecule has 1 aromatic carbocycles. The largest absolute Gasteiger partial charge is 0.315 e. The summed E-state index contributed by atoms with van der Waals surface area (Å²) in [5.74, 6) is 0.619. The summed E-state index contributed by atoms with van der Waals surface area (Å²) in [5, 5.41) is 9.36. The van der Waals surface area contributed by atoms with E-state index in [2.05, 4.69) is 19.1 Å². The zero-order valence-corrected chi connectivity index (χ0v) is 10.7. The van der Waals surface area contributed by atoms with Crippen molar-refractivity contribution in [3.05, 3.63) is 29.3 Å². The summed E-state index contributed by atoms with van der Waals surface area (Å²) in [6.07, 6.45) is 2.32. The molecule has 0 spiro atoms. The van der Waals surface area contributed by atoms with Crippen LogP contribution in [0.25, 0.3) is 0 Å². The predicted molar refractivity (Wildman–Crippen MR) is 69.2 cm³/mol. The number of fused-ring (bicyclic) bond motifs is 1. The molecule has 1 saturated carbocycles. The molecule has 3 nitrogen and oxygen atoms in total. The molecule has 1 heterocycles. The maximum absolute atomic E-state index is 11.6. The van der Waals surface area contributed by atoms with Gasteiger partial charge in [-0.25, -0.2) is 0 Å². The first kappa shape index (κ1) is 11.3. The Kier molecular flexibility index (Phi) is 2.25. The molecule has 0 N–H and O–H groups in total. The molecule has 2 atom stereocenters. The molecule has 1 aliphatic heterocycles. The molecule has 0 saturated heterocycles. The summed E-state index contributed by atoms with van der Waals surface area (Å²) in [6, 6.07) is 8.60. The lowest BCUT2D eigenvalue weighted by atomic mass is 9.90. The van der Waals surface area contributed by atoms with Crippen molar-refractivity contribution < 1.29 is 4.79 Å². The Morgan fingerprint density at radius 1 is 1.44 bits per heavy atom. The number of aryl methyl sites for hydroxylation is 1. The van der Waals surface area contributed by atoms with Crippen LogP contribution in [-0.4, -0.2) is 13.0 Å². The van der Waals surface area contributed by atoms with E-state index in [4.69, 9.17) is 0 Å². The molecule has 2 unspecified atom stereocenters. The third kappa shape index (κ3) is 1.38. The highest BCUT2D eigenvalue weighted by Gasteiger charge is 2.53. The number of carbonyl (C=O) groups excluding carboxylic acids is 1. The Morgan fingerprint density at radius 3 is 2.78 bits per heavy atom. The summed E-state index contributed by atoms with van der Waals surface area (Å²) < 4.78 is 0. The number of carbonyl (C=O) groups is 1. The summed E-state index contributed by atoms with van der Waals surface area (Å²) in [7, 11) is 1.82. The molecule has 1 aliphatic carbocycles. The van der Waals surface area contributed by atoms with Crippen molar-refractivity contribution in [1.29, 1.82) is 5.26 Å². The molecule has 1 fully saturated rings. The lowest BCUT2D eigenvalue weighted by Gasteiger charge is -2.26. The quantitative estimate of drug-likeness (QED) is 0.756. The van der Waals surface area contributed by atoms with Gasteiger partial charge in [-0.15, -0.1) is 0 Å². The number of benzene rings is 1. The van der Waals surface area contributed by atoms with Crippen molar-refractivity contribution in [3.8, 4) is 6.07 Å². The smallest absolute Gasteiger partial charge is 0.227 e. The molecule has 18 heavy (non-hydrogen) atoms. The minimum Gasteiger partial charge on any atom is -0.315 e. The maximum Gasteiger partial charge on any atom is 0.227 e. The summed E-state index contributed by atoms with van der Waals surface area (Å²) in [5.41, 5.74) is 3.05. The van der Waals surface area contributed by atoms with Gasteiger partial charge in [-0.1, -0.05) is 19.1 Å². The molecule has 1 amide bonds. The second-order valence-electron chi connectivity index (χ2n) is 5.48. The van der Waals surface area contributed by atoms with Crippen LogP contribution in [0.5, 0.6) is 0 Å². The predicted octanol–water partition coefficient (Wildman–Crippen LogP) is 2.40. The van der Waals surface area contributed by atoms with Gasteiger partial charge in [0.25, 0.3) is 0 Å². The molecular formula is C15H16N2O. The molecule has 3 rings (SSSR count). The highest BCUT2D eigenvalue weighted by Crippen LogP contribution is 2.54. The van der Waals surface area contributed by atoms with Gasteiger partial charge in [0, 0.05) is 19.2 Å². The Balaban J connectivity index is 2.03. The molecule has 1 aromatic rings. The molecule has 3 heteroatoms. The zero-order chi connectivity index (χ0) is 12.9. The second-order valence-corrected chi connectivity index (χ2v) is 5.48. The van der Waals surface area contributed by atoms with E-state index in [-0.39, 0.29) is 11.3 Å². The van der Waals surface area contributed by atoms with Crippen LogP contribution in [0.1, 0.15) is 30.9 Å². The standard InChI is InChI=1S/C15H16N2O/c1-10-8-15(10,9-16)12-4-5-13-11(7-12)3-6-14(18)17(13)2/h4-5,7,10H,3,6,8H2,1-2H3. The summed E-state index contributed by atoms with van der Waals surface area (Å²) >= 11 is 0. The lowest BCUT2D eigenvalue weighted by molar-refractivity contribution is -0.118. The molecule has 0 bridgehead atoms. The van der Waals surface area contributed by atoms with Crippen molar-refractivity contribution in [3.63, 3.8) is 0 Å². The van der Waals surface area contributed by atoms with Crippen LogP contribution in [0, 0.1) is 17.2 Å². The zero-order valence-electron chi connectivity index (χ0n) is 10.7. The minimum atomic E-state index is -0.269. The van der Waals surface area contributed by atoms with Gasteiger partial charge in [0.1, 0.15) is 0 Å². The SMILES string of the molecule is CC1CC1(C#N)c1ccc2c(c1)CCC(=O)N2C. The van der Waals surface area contributed by atoms with E-state index in [1.807, 2.05) is 19.2 Å². The molecule has 92 valence electrons. The van der Waals surface area contributed by atoms with E-state index >= 15 is 0 Å². The van der Waals surface area contributed by atoms with Crippen molar-refractivity contribution in [2.24, 2.45) is 5.92 Å². The fourth-order valence-electron chi connectivity index (χ4n) is 2.98. The Labute approximate surface area is 107 Å². The first-order valence-corrected chi connectivity index (χ1v) is 6.40. The van der Waals surface area contributed by atoms with Gasteiger partial charge in [0.15, 0.2) is 0 Å². The number of nitriles is 1. The van der Waals surface area contributed by atoms with Crippen LogP contribution in [0.3, 0.4) is 0 Å². The lowest BCUT2D eigenvalue weighted by Crippen LogP contribution is -2.31. The average Bonchev–Trinajstić information content (AvgIpc) is 3.06. The topological polar surface area (TPSA) is 44.1 Å². The highest BCUT2D eigenvalue weighted by molar-refractivity contribution is 5.95. The third-order valence-electron chi connectivity index (χ3n) is 4.45. The van der Waals surface area contributed by atoms with Crippen molar-refractivity contribution in [2.45, 2.75) is 31.6 Å². The highest BCUT2D eigenvalue weighted by atomic mass is 16.2. The van der Waals surface area contributed by atoms with E-state index < -0.39 is 0 Å². The first-order chi connectivity index (χ1) is 8.58. The number of amides is 1. The van der Waals surface area contributed by atoms with E-state index in [1.165, 1.54) is 5.56 Å². The second kappa shape index (κ2) is 3.58. The van der Waals surface area contributed by atoms with Gasteiger partial charge in [-0.3, -0.25) is 4.79 Å². The molecule has 0 aromatic heterocycles. The van der Waals surface area contributed by atoms with Crippen LogP contribution < -0.4 is 4.90 Å². The fraction of sp³-hybridized carbons (Fsp3) is 0.467. The van der Waals surface area contributed by atoms with Gasteiger partial charge >= 0.3 is 0 Å². The van der Waals surface area contributed by atoms with Crippen molar-refractivity contribution in [1.82, 2.24) is 0 Å². The van der Waals surface area contributed by atoms with Crippen molar-refractivity contribution in [2.75, 3.05) is 11.9 Å². The number of anilines is 1. The van der Waals surface area contributed by atoms with Crippen LogP contribution in [0.4, 0.5) is 5.69 Å². The van der Waals surface area contributed by atoms with Crippen LogP contribution in [-0.2, 0) is 16.6 Å². The fourth-order valence-corrected chi connectivity index (χ4v) is 2.98. The molecular weight excluding hydrogens is 224 g/mol. The van der Waals surface area contributed by atoms with Gasteiger partial charge < -0.3 is 4.90 Å². The normalized spacial score (nSPS) is 29.7. The van der Waals surface area contributed by atoms with Crippen LogP contribution in [0.15, 0.2) is 18.2 Å². The van der Waals surface area contributed by atoms with E-state index in [1.54, 1.807) is 4.90 Å². The van der Waals surface area contributed by atoms with Crippen LogP contribution >= 0.6 is 0 Å². The summed E-state index contributed by atoms with van der Waals surface area (Å²) in [4.78, 5) is 13.4.